The number of halogens is 2. The molecule has 0 N–H and O–H groups in total. The third-order valence-corrected chi connectivity index (χ3v) is 6.35. The molecule has 0 aromatic heterocycles. The largest absolute Gasteiger partial charge is 0.250 e. The second-order valence-corrected chi connectivity index (χ2v) is 7.52. The summed E-state index contributed by atoms with van der Waals surface area (Å²) in [7, 11) is -3.68. The van der Waals surface area contributed by atoms with E-state index in [0.717, 1.165) is 0 Å². The van der Waals surface area contributed by atoms with Gasteiger partial charge in [-0.25, -0.2) is 12.8 Å². The van der Waals surface area contributed by atoms with Crippen molar-refractivity contribution in [1.82, 2.24) is 4.31 Å². The van der Waals surface area contributed by atoms with E-state index >= 15 is 0 Å². The lowest BCUT2D eigenvalue weighted by molar-refractivity contribution is 0.258. The monoisotopic (exact) mass is 317 g/mol. The van der Waals surface area contributed by atoms with Crippen LogP contribution in [0.25, 0.3) is 4.91 Å². The van der Waals surface area contributed by atoms with Gasteiger partial charge in [-0.05, 0) is 44.0 Å². The highest BCUT2D eigenvalue weighted by atomic mass is 35.5. The summed E-state index contributed by atoms with van der Waals surface area (Å²) < 4.78 is 39.2. The van der Waals surface area contributed by atoms with Crippen LogP contribution in [0.5, 0.6) is 0 Å². The van der Waals surface area contributed by atoms with Gasteiger partial charge < -0.3 is 0 Å². The predicted molar refractivity (Wildman–Crippen MR) is 79.7 cm³/mol. The first kappa shape index (κ1) is 15.5. The molecule has 1 aliphatic heterocycles. The zero-order chi connectivity index (χ0) is 15.1. The Morgan fingerprint density at radius 3 is 2.30 bits per heavy atom. The number of rotatable bonds is 3. The minimum atomic E-state index is -3.68. The molecular formula is C14H17ClFNO2S. The van der Waals surface area contributed by atoms with Crippen LogP contribution in [0.1, 0.15) is 26.3 Å². The molecule has 1 heterocycles. The van der Waals surface area contributed by atoms with Crippen molar-refractivity contribution in [1.29, 1.82) is 0 Å². The molecule has 0 fully saturated rings. The summed E-state index contributed by atoms with van der Waals surface area (Å²) in [5.41, 5.74) is 0.578. The van der Waals surface area contributed by atoms with Gasteiger partial charge in [0.1, 0.15) is 6.67 Å². The summed E-state index contributed by atoms with van der Waals surface area (Å²) in [5.74, 6) is 0. The highest BCUT2D eigenvalue weighted by Gasteiger charge is 2.48. The van der Waals surface area contributed by atoms with Gasteiger partial charge >= 0.3 is 0 Å². The highest BCUT2D eigenvalue weighted by molar-refractivity contribution is 7.98. The number of alkyl halides is 1. The molecular weight excluding hydrogens is 301 g/mol. The molecule has 1 aromatic carbocycles. The fourth-order valence-electron chi connectivity index (χ4n) is 2.51. The molecule has 0 unspecified atom stereocenters. The van der Waals surface area contributed by atoms with E-state index < -0.39 is 22.2 Å². The normalized spacial score (nSPS) is 21.4. The van der Waals surface area contributed by atoms with Crippen LogP contribution in [0.3, 0.4) is 0 Å². The summed E-state index contributed by atoms with van der Waals surface area (Å²) in [6.45, 7) is 4.52. The van der Waals surface area contributed by atoms with Crippen LogP contribution in [0.4, 0.5) is 4.39 Å². The molecule has 20 heavy (non-hydrogen) atoms. The molecule has 0 radical (unpaired) electrons. The number of hydrogen-bond donors (Lipinski definition) is 0. The van der Waals surface area contributed by atoms with Crippen LogP contribution in [-0.4, -0.2) is 31.5 Å². The van der Waals surface area contributed by atoms with Crippen molar-refractivity contribution in [2.45, 2.75) is 26.3 Å². The Labute approximate surface area is 124 Å². The Balaban J connectivity index is 2.62. The molecule has 2 rings (SSSR count). The van der Waals surface area contributed by atoms with Gasteiger partial charge in [0.2, 0.25) is 10.0 Å². The van der Waals surface area contributed by atoms with E-state index in [1.54, 1.807) is 45.0 Å². The van der Waals surface area contributed by atoms with Gasteiger partial charge in [0.05, 0.1) is 10.4 Å². The summed E-state index contributed by atoms with van der Waals surface area (Å²) in [6, 6.07) is 6.65. The van der Waals surface area contributed by atoms with Crippen molar-refractivity contribution in [3.8, 4) is 0 Å². The molecule has 3 nitrogen and oxygen atoms in total. The van der Waals surface area contributed by atoms with E-state index in [4.69, 9.17) is 11.6 Å². The number of hydrogen-bond acceptors (Lipinski definition) is 2. The number of benzene rings is 1. The third-order valence-electron chi connectivity index (χ3n) is 3.82. The summed E-state index contributed by atoms with van der Waals surface area (Å²) in [6.07, 6.45) is 0. The predicted octanol–water partition coefficient (Wildman–Crippen LogP) is 3.46. The first-order valence-electron chi connectivity index (χ1n) is 6.29. The molecule has 1 aliphatic rings. The van der Waals surface area contributed by atoms with E-state index in [2.05, 4.69) is 0 Å². The van der Waals surface area contributed by atoms with Crippen molar-refractivity contribution in [2.75, 3.05) is 13.2 Å². The average molecular weight is 318 g/mol. The first-order valence-corrected chi connectivity index (χ1v) is 8.11. The summed E-state index contributed by atoms with van der Waals surface area (Å²) >= 11 is 5.83. The van der Waals surface area contributed by atoms with E-state index in [1.807, 2.05) is 0 Å². The van der Waals surface area contributed by atoms with Crippen LogP contribution in [-0.2, 0) is 10.0 Å². The second-order valence-electron chi connectivity index (χ2n) is 5.29. The lowest BCUT2D eigenvalue weighted by Crippen LogP contribution is -2.44. The standard InChI is InChI=1S/C14H17ClFNO2S/c1-10-13(11-4-6-12(15)7-5-11)20(18,19)17(9-8-16)14(10,2)3/h4-7H,8-9H2,1-3H3. The molecule has 110 valence electrons. The SMILES string of the molecule is CC1=C(c2ccc(Cl)cc2)S(=O)(=O)N(CCF)C1(C)C. The number of nitrogens with zero attached hydrogens (tertiary/aromatic N) is 1. The van der Waals surface area contributed by atoms with Crippen LogP contribution in [0, 0.1) is 0 Å². The van der Waals surface area contributed by atoms with Crippen molar-refractivity contribution in [2.24, 2.45) is 0 Å². The van der Waals surface area contributed by atoms with E-state index in [9.17, 15) is 12.8 Å². The first-order chi connectivity index (χ1) is 9.22. The lowest BCUT2D eigenvalue weighted by Gasteiger charge is -2.30. The Kier molecular flexibility index (Phi) is 3.97. The lowest BCUT2D eigenvalue weighted by atomic mass is 9.93. The maximum Gasteiger partial charge on any atom is 0.244 e. The quantitative estimate of drug-likeness (QED) is 0.856. The zero-order valence-electron chi connectivity index (χ0n) is 11.7. The minimum absolute atomic E-state index is 0.135. The van der Waals surface area contributed by atoms with E-state index in [-0.39, 0.29) is 11.4 Å². The molecule has 0 amide bonds. The van der Waals surface area contributed by atoms with Crippen molar-refractivity contribution >= 4 is 26.5 Å². The van der Waals surface area contributed by atoms with Crippen molar-refractivity contribution in [3.05, 3.63) is 40.4 Å². The van der Waals surface area contributed by atoms with Gasteiger partial charge in [0.25, 0.3) is 0 Å². The Hall–Kier alpha value is -0.910. The van der Waals surface area contributed by atoms with Gasteiger partial charge in [-0.15, -0.1) is 0 Å². The topological polar surface area (TPSA) is 37.4 Å². The molecule has 0 saturated heterocycles. The molecule has 0 atom stereocenters. The molecule has 0 aliphatic carbocycles. The third kappa shape index (κ3) is 2.28. The molecule has 0 bridgehead atoms. The number of sulfonamides is 1. The molecule has 6 heteroatoms. The second kappa shape index (κ2) is 5.13. The summed E-state index contributed by atoms with van der Waals surface area (Å²) in [4.78, 5) is 0.257. The Morgan fingerprint density at radius 1 is 1.25 bits per heavy atom. The van der Waals surface area contributed by atoms with E-state index in [0.29, 0.717) is 16.2 Å². The molecule has 0 spiro atoms. The van der Waals surface area contributed by atoms with Crippen molar-refractivity contribution in [3.63, 3.8) is 0 Å². The van der Waals surface area contributed by atoms with Crippen LogP contribution in [0.2, 0.25) is 5.02 Å². The molecule has 0 saturated carbocycles. The zero-order valence-corrected chi connectivity index (χ0v) is 13.2. The van der Waals surface area contributed by atoms with Gasteiger partial charge in [0.15, 0.2) is 0 Å². The highest BCUT2D eigenvalue weighted by Crippen LogP contribution is 2.44. The van der Waals surface area contributed by atoms with Crippen LogP contribution >= 0.6 is 11.6 Å². The van der Waals surface area contributed by atoms with Gasteiger partial charge in [-0.3, -0.25) is 0 Å². The van der Waals surface area contributed by atoms with E-state index in [1.165, 1.54) is 4.31 Å². The smallest absolute Gasteiger partial charge is 0.244 e. The fourth-order valence-corrected chi connectivity index (χ4v) is 4.98. The molecule has 1 aromatic rings. The Bertz CT molecular complexity index is 650. The maximum atomic E-state index is 12.7. The van der Waals surface area contributed by atoms with Gasteiger partial charge in [-0.2, -0.15) is 4.31 Å². The van der Waals surface area contributed by atoms with Gasteiger partial charge in [-0.1, -0.05) is 23.7 Å². The Morgan fingerprint density at radius 2 is 1.80 bits per heavy atom. The van der Waals surface area contributed by atoms with Crippen LogP contribution < -0.4 is 0 Å². The fraction of sp³-hybridized carbons (Fsp3) is 0.429. The summed E-state index contributed by atoms with van der Waals surface area (Å²) in [5, 5.41) is 0.544. The van der Waals surface area contributed by atoms with Gasteiger partial charge in [0, 0.05) is 11.6 Å². The van der Waals surface area contributed by atoms with Crippen molar-refractivity contribution < 1.29 is 12.8 Å². The minimum Gasteiger partial charge on any atom is -0.250 e. The van der Waals surface area contributed by atoms with Crippen LogP contribution in [0.15, 0.2) is 29.8 Å². The maximum absolute atomic E-state index is 12.7. The average Bonchev–Trinajstić information content (AvgIpc) is 2.49.